The Morgan fingerprint density at radius 2 is 1.16 bits per heavy atom. The van der Waals surface area contributed by atoms with Crippen LogP contribution < -0.4 is 0 Å². The van der Waals surface area contributed by atoms with Crippen LogP contribution in [-0.2, 0) is 42.1 Å². The Bertz CT molecular complexity index is 841. The van der Waals surface area contributed by atoms with E-state index < -0.39 is 38.6 Å². The first-order valence-electron chi connectivity index (χ1n) is 20.0. The molecule has 4 atom stereocenters. The van der Waals surface area contributed by atoms with Gasteiger partial charge in [0.05, 0.1) is 19.8 Å². The van der Waals surface area contributed by atoms with E-state index in [0.29, 0.717) is 6.42 Å². The zero-order valence-corrected chi connectivity index (χ0v) is 32.4. The van der Waals surface area contributed by atoms with E-state index in [2.05, 4.69) is 13.8 Å². The molecule has 1 N–H and O–H groups in total. The maximum absolute atomic E-state index is 12.5. The van der Waals surface area contributed by atoms with Gasteiger partial charge in [0.1, 0.15) is 12.7 Å². The van der Waals surface area contributed by atoms with Crippen molar-refractivity contribution in [2.75, 3.05) is 26.4 Å². The van der Waals surface area contributed by atoms with Crippen molar-refractivity contribution in [1.29, 1.82) is 0 Å². The highest BCUT2D eigenvalue weighted by Crippen LogP contribution is 2.44. The number of rotatable bonds is 35. The molecule has 0 radical (unpaired) electrons. The monoisotopic (exact) mass is 720 g/mol. The Labute approximate surface area is 299 Å². The third kappa shape index (κ3) is 29.3. The van der Waals surface area contributed by atoms with E-state index in [1.807, 2.05) is 0 Å². The first-order valence-corrected chi connectivity index (χ1v) is 21.5. The highest BCUT2D eigenvalue weighted by atomic mass is 31.2. The van der Waals surface area contributed by atoms with Gasteiger partial charge in [0.25, 0.3) is 0 Å². The molecule has 1 aliphatic rings. The number of hydrogen-bond acceptors (Lipinski definition) is 9. The average molecular weight is 721 g/mol. The number of unbranched alkanes of at least 4 members (excludes halogenated alkanes) is 22. The van der Waals surface area contributed by atoms with E-state index in [4.69, 9.17) is 28.0 Å². The number of hydrogen-bond donors (Lipinski definition) is 1. The molecule has 49 heavy (non-hydrogen) atoms. The second kappa shape index (κ2) is 31.7. The third-order valence-corrected chi connectivity index (χ3v) is 9.91. The predicted molar refractivity (Wildman–Crippen MR) is 194 cm³/mol. The van der Waals surface area contributed by atoms with E-state index in [-0.39, 0.29) is 32.5 Å². The van der Waals surface area contributed by atoms with Crippen LogP contribution in [0.3, 0.4) is 0 Å². The maximum atomic E-state index is 12.5. The highest BCUT2D eigenvalue weighted by molar-refractivity contribution is 7.47. The molecule has 0 aliphatic carbocycles. The molecule has 1 saturated heterocycles. The SMILES string of the molecule is CCCCCCCCCCCCCCCC1OCC(COP(=O)(O)OC[C@@H](COC(C)=O)OC(=O)CCCCCCCCCCCCC)O1. The average Bonchev–Trinajstić information content (AvgIpc) is 3.54. The highest BCUT2D eigenvalue weighted by Gasteiger charge is 2.31. The van der Waals surface area contributed by atoms with E-state index in [1.165, 1.54) is 122 Å². The smallest absolute Gasteiger partial charge is 0.462 e. The summed E-state index contributed by atoms with van der Waals surface area (Å²) in [5.41, 5.74) is 0. The molecule has 0 spiro atoms. The Balaban J connectivity index is 2.16. The molecular weight excluding hydrogens is 647 g/mol. The molecule has 1 heterocycles. The molecule has 0 bridgehead atoms. The minimum absolute atomic E-state index is 0.170. The van der Waals surface area contributed by atoms with Crippen molar-refractivity contribution >= 4 is 19.8 Å². The van der Waals surface area contributed by atoms with Crippen LogP contribution in [-0.4, -0.2) is 61.8 Å². The summed E-state index contributed by atoms with van der Waals surface area (Å²) in [4.78, 5) is 34.0. The van der Waals surface area contributed by atoms with Gasteiger partial charge in [0.15, 0.2) is 12.4 Å². The van der Waals surface area contributed by atoms with Crippen molar-refractivity contribution in [3.05, 3.63) is 0 Å². The number of ether oxygens (including phenoxy) is 4. The normalized spacial score (nSPS) is 18.0. The summed E-state index contributed by atoms with van der Waals surface area (Å²) in [6, 6.07) is 0. The van der Waals surface area contributed by atoms with E-state index >= 15 is 0 Å². The van der Waals surface area contributed by atoms with Crippen LogP contribution in [0, 0.1) is 0 Å². The number of phosphoric acid groups is 1. The summed E-state index contributed by atoms with van der Waals surface area (Å²) in [5, 5.41) is 0. The van der Waals surface area contributed by atoms with Gasteiger partial charge in [-0.25, -0.2) is 4.57 Å². The molecule has 1 aliphatic heterocycles. The summed E-state index contributed by atoms with van der Waals surface area (Å²) in [6.07, 6.45) is 28.9. The minimum Gasteiger partial charge on any atom is -0.462 e. The zero-order valence-electron chi connectivity index (χ0n) is 31.5. The molecule has 3 unspecified atom stereocenters. The van der Waals surface area contributed by atoms with Crippen molar-refractivity contribution in [2.24, 2.45) is 0 Å². The lowest BCUT2D eigenvalue weighted by atomic mass is 10.0. The van der Waals surface area contributed by atoms with Crippen molar-refractivity contribution in [1.82, 2.24) is 0 Å². The lowest BCUT2D eigenvalue weighted by Crippen LogP contribution is -2.29. The van der Waals surface area contributed by atoms with E-state index in [0.717, 1.165) is 38.5 Å². The summed E-state index contributed by atoms with van der Waals surface area (Å²) < 4.78 is 44.7. The molecule has 0 amide bonds. The molecule has 0 saturated carbocycles. The van der Waals surface area contributed by atoms with E-state index in [1.54, 1.807) is 0 Å². The zero-order chi connectivity index (χ0) is 35.8. The molecule has 0 aromatic rings. The fourth-order valence-corrected chi connectivity index (χ4v) is 6.76. The van der Waals surface area contributed by atoms with Crippen molar-refractivity contribution in [3.8, 4) is 0 Å². The Kier molecular flexibility index (Phi) is 29.7. The first kappa shape index (κ1) is 46.0. The van der Waals surface area contributed by atoms with Crippen LogP contribution in [0.2, 0.25) is 0 Å². The van der Waals surface area contributed by atoms with Gasteiger partial charge in [0.2, 0.25) is 0 Å². The first-order chi connectivity index (χ1) is 23.8. The van der Waals surface area contributed by atoms with Crippen molar-refractivity contribution in [3.63, 3.8) is 0 Å². The predicted octanol–water partition coefficient (Wildman–Crippen LogP) is 10.5. The van der Waals surface area contributed by atoms with Gasteiger partial charge in [-0.1, -0.05) is 155 Å². The quantitative estimate of drug-likeness (QED) is 0.0384. The van der Waals surface area contributed by atoms with Gasteiger partial charge in [-0.05, 0) is 19.3 Å². The molecule has 1 fully saturated rings. The van der Waals surface area contributed by atoms with Crippen LogP contribution in [0.25, 0.3) is 0 Å². The summed E-state index contributed by atoms with van der Waals surface area (Å²) in [6.45, 7) is 5.09. The second-order valence-corrected chi connectivity index (χ2v) is 15.3. The molecule has 11 heteroatoms. The summed E-state index contributed by atoms with van der Waals surface area (Å²) in [7, 11) is -4.48. The van der Waals surface area contributed by atoms with Crippen LogP contribution in [0.1, 0.15) is 188 Å². The minimum atomic E-state index is -4.48. The lowest BCUT2D eigenvalue weighted by Gasteiger charge is -2.20. The van der Waals surface area contributed by atoms with Gasteiger partial charge in [-0.3, -0.25) is 18.6 Å². The van der Waals surface area contributed by atoms with Crippen LogP contribution in [0.4, 0.5) is 0 Å². The summed E-state index contributed by atoms with van der Waals surface area (Å²) >= 11 is 0. The standard InChI is InChI=1S/C38H73O10P/c1-4-6-8-10-12-14-16-17-19-21-23-25-27-29-38-44-31-36(48-38)33-46-49(41,42)45-32-35(30-43-34(3)39)47-37(40)28-26-24-22-20-18-15-13-11-9-7-5-2/h35-36,38H,4-33H2,1-3H3,(H,41,42)/t35-,36?,38?/m1/s1. The number of carbonyl (C=O) groups excluding carboxylic acids is 2. The van der Waals surface area contributed by atoms with Gasteiger partial charge in [0, 0.05) is 13.3 Å². The van der Waals surface area contributed by atoms with E-state index in [9.17, 15) is 19.0 Å². The fraction of sp³-hybridized carbons (Fsp3) is 0.947. The molecule has 10 nitrogen and oxygen atoms in total. The number of phosphoric ester groups is 1. The largest absolute Gasteiger partial charge is 0.472 e. The Morgan fingerprint density at radius 1 is 0.694 bits per heavy atom. The van der Waals surface area contributed by atoms with Gasteiger partial charge >= 0.3 is 19.8 Å². The topological polar surface area (TPSA) is 127 Å². The van der Waals surface area contributed by atoms with Crippen LogP contribution >= 0.6 is 7.82 Å². The molecule has 1 rings (SSSR count). The Hall–Kier alpha value is -1.03. The maximum Gasteiger partial charge on any atom is 0.472 e. The van der Waals surface area contributed by atoms with Crippen LogP contribution in [0.15, 0.2) is 0 Å². The lowest BCUT2D eigenvalue weighted by molar-refractivity contribution is -0.160. The van der Waals surface area contributed by atoms with Crippen molar-refractivity contribution in [2.45, 2.75) is 206 Å². The van der Waals surface area contributed by atoms with Gasteiger partial charge < -0.3 is 23.8 Å². The number of esters is 2. The molecule has 0 aromatic carbocycles. The number of carbonyl (C=O) groups is 2. The molecule has 0 aromatic heterocycles. The third-order valence-electron chi connectivity index (χ3n) is 8.96. The molecule has 290 valence electrons. The van der Waals surface area contributed by atoms with Gasteiger partial charge in [-0.2, -0.15) is 0 Å². The van der Waals surface area contributed by atoms with Crippen molar-refractivity contribution < 1.29 is 47.0 Å². The van der Waals surface area contributed by atoms with Crippen LogP contribution in [0.5, 0.6) is 0 Å². The second-order valence-electron chi connectivity index (χ2n) is 13.8. The summed E-state index contributed by atoms with van der Waals surface area (Å²) in [5.74, 6) is -1.02. The van der Waals surface area contributed by atoms with Gasteiger partial charge in [-0.15, -0.1) is 0 Å². The molecular formula is C38H73O10P. The Morgan fingerprint density at radius 3 is 1.65 bits per heavy atom. The fourth-order valence-electron chi connectivity index (χ4n) is 5.97.